The Balaban J connectivity index is 3.12. The van der Waals surface area contributed by atoms with Gasteiger partial charge in [0.15, 0.2) is 0 Å². The van der Waals surface area contributed by atoms with Crippen LogP contribution in [0.1, 0.15) is 17.3 Å². The lowest BCUT2D eigenvalue weighted by Crippen LogP contribution is -2.25. The number of hydrogen-bond donors (Lipinski definition) is 1. The number of rotatable bonds is 5. The molecule has 1 aromatic carbocycles. The summed E-state index contributed by atoms with van der Waals surface area (Å²) in [5.74, 6) is -1.49. The summed E-state index contributed by atoms with van der Waals surface area (Å²) < 4.78 is 43.0. The van der Waals surface area contributed by atoms with E-state index in [9.17, 15) is 18.0 Å². The molecule has 0 aliphatic rings. The first kappa shape index (κ1) is 15.1. The Labute approximate surface area is 108 Å². The second kappa shape index (κ2) is 6.31. The first-order chi connectivity index (χ1) is 8.86. The SMILES string of the molecule is CCOC(=O)c1cc(N(C)CC(F)F)c(F)cc1N. The van der Waals surface area contributed by atoms with Crippen molar-refractivity contribution in [3.05, 3.63) is 23.5 Å². The summed E-state index contributed by atoms with van der Waals surface area (Å²) >= 11 is 0. The van der Waals surface area contributed by atoms with Crippen molar-refractivity contribution in [2.24, 2.45) is 0 Å². The van der Waals surface area contributed by atoms with Gasteiger partial charge in [-0.2, -0.15) is 0 Å². The van der Waals surface area contributed by atoms with E-state index in [1.165, 1.54) is 7.05 Å². The summed E-state index contributed by atoms with van der Waals surface area (Å²) in [4.78, 5) is 12.6. The molecule has 0 aromatic heterocycles. The Kier molecular flexibility index (Phi) is 5.02. The largest absolute Gasteiger partial charge is 0.462 e. The number of carbonyl (C=O) groups is 1. The highest BCUT2D eigenvalue weighted by Gasteiger charge is 2.18. The molecule has 0 saturated heterocycles. The molecule has 4 nitrogen and oxygen atoms in total. The lowest BCUT2D eigenvalue weighted by molar-refractivity contribution is 0.0527. The maximum atomic E-state index is 13.7. The molecule has 2 N–H and O–H groups in total. The molecule has 1 aromatic rings. The Morgan fingerprint density at radius 1 is 1.47 bits per heavy atom. The van der Waals surface area contributed by atoms with E-state index < -0.39 is 24.8 Å². The van der Waals surface area contributed by atoms with Gasteiger partial charge in [0, 0.05) is 12.7 Å². The zero-order valence-corrected chi connectivity index (χ0v) is 10.6. The summed E-state index contributed by atoms with van der Waals surface area (Å²) in [6.45, 7) is 1.10. The summed E-state index contributed by atoms with van der Waals surface area (Å²) in [5.41, 5.74) is 5.25. The Hall–Kier alpha value is -1.92. The van der Waals surface area contributed by atoms with Crippen LogP contribution in [-0.4, -0.2) is 32.6 Å². The smallest absolute Gasteiger partial charge is 0.340 e. The summed E-state index contributed by atoms with van der Waals surface area (Å²) in [6, 6.07) is 2.04. The normalized spacial score (nSPS) is 10.6. The van der Waals surface area contributed by atoms with E-state index in [2.05, 4.69) is 0 Å². The van der Waals surface area contributed by atoms with Crippen molar-refractivity contribution in [2.45, 2.75) is 13.3 Å². The number of carbonyl (C=O) groups excluding carboxylic acids is 1. The summed E-state index contributed by atoms with van der Waals surface area (Å²) in [5, 5.41) is 0. The fraction of sp³-hybridized carbons (Fsp3) is 0.417. The van der Waals surface area contributed by atoms with Gasteiger partial charge in [-0.05, 0) is 19.1 Å². The van der Waals surface area contributed by atoms with Gasteiger partial charge in [-0.15, -0.1) is 0 Å². The summed E-state index contributed by atoms with van der Waals surface area (Å²) in [6.07, 6.45) is -2.62. The number of nitrogens with two attached hydrogens (primary N) is 1. The lowest BCUT2D eigenvalue weighted by Gasteiger charge is -2.20. The topological polar surface area (TPSA) is 55.6 Å². The lowest BCUT2D eigenvalue weighted by atomic mass is 10.1. The van der Waals surface area contributed by atoms with Gasteiger partial charge in [0.25, 0.3) is 6.43 Å². The van der Waals surface area contributed by atoms with Crippen molar-refractivity contribution in [3.63, 3.8) is 0 Å². The molecule has 0 aliphatic heterocycles. The van der Waals surface area contributed by atoms with Crippen LogP contribution in [0.5, 0.6) is 0 Å². The van der Waals surface area contributed by atoms with Gasteiger partial charge in [-0.3, -0.25) is 0 Å². The molecular weight excluding hydrogens is 261 g/mol. The number of alkyl halides is 2. The molecule has 0 radical (unpaired) electrons. The van der Waals surface area contributed by atoms with Gasteiger partial charge in [-0.1, -0.05) is 0 Å². The second-order valence-electron chi connectivity index (χ2n) is 3.88. The number of anilines is 2. The van der Waals surface area contributed by atoms with E-state index in [1.54, 1.807) is 6.92 Å². The van der Waals surface area contributed by atoms with Gasteiger partial charge in [0.2, 0.25) is 0 Å². The minimum absolute atomic E-state index is 0.0423. The monoisotopic (exact) mass is 276 g/mol. The van der Waals surface area contributed by atoms with Crippen LogP contribution in [0.15, 0.2) is 12.1 Å². The van der Waals surface area contributed by atoms with Crippen LogP contribution in [0.4, 0.5) is 24.5 Å². The zero-order valence-electron chi connectivity index (χ0n) is 10.6. The molecule has 0 spiro atoms. The van der Waals surface area contributed by atoms with E-state index in [0.717, 1.165) is 17.0 Å². The minimum atomic E-state index is -2.62. The van der Waals surface area contributed by atoms with Gasteiger partial charge in [-0.25, -0.2) is 18.0 Å². The molecule has 0 amide bonds. The molecule has 1 rings (SSSR count). The van der Waals surface area contributed by atoms with Crippen molar-refractivity contribution in [2.75, 3.05) is 30.8 Å². The molecule has 0 aliphatic carbocycles. The number of esters is 1. The quantitative estimate of drug-likeness (QED) is 0.662. The number of benzene rings is 1. The number of ether oxygens (including phenoxy) is 1. The molecule has 0 heterocycles. The van der Waals surface area contributed by atoms with Crippen molar-refractivity contribution >= 4 is 17.3 Å². The molecule has 0 saturated carbocycles. The molecule has 0 bridgehead atoms. The predicted molar refractivity (Wildman–Crippen MR) is 66.0 cm³/mol. The molecule has 106 valence electrons. The Morgan fingerprint density at radius 3 is 2.63 bits per heavy atom. The fourth-order valence-corrected chi connectivity index (χ4v) is 1.56. The zero-order chi connectivity index (χ0) is 14.6. The van der Waals surface area contributed by atoms with Crippen LogP contribution in [-0.2, 0) is 4.74 Å². The molecule has 19 heavy (non-hydrogen) atoms. The fourth-order valence-electron chi connectivity index (χ4n) is 1.56. The maximum absolute atomic E-state index is 13.7. The minimum Gasteiger partial charge on any atom is -0.462 e. The highest BCUT2D eigenvalue weighted by atomic mass is 19.3. The van der Waals surface area contributed by atoms with Gasteiger partial charge < -0.3 is 15.4 Å². The van der Waals surface area contributed by atoms with E-state index in [-0.39, 0.29) is 23.5 Å². The molecule has 0 unspecified atom stereocenters. The van der Waals surface area contributed by atoms with Crippen molar-refractivity contribution in [1.29, 1.82) is 0 Å². The van der Waals surface area contributed by atoms with Crippen LogP contribution in [0.2, 0.25) is 0 Å². The third kappa shape index (κ3) is 3.77. The van der Waals surface area contributed by atoms with Crippen LogP contribution in [0, 0.1) is 5.82 Å². The highest BCUT2D eigenvalue weighted by molar-refractivity contribution is 5.96. The van der Waals surface area contributed by atoms with E-state index >= 15 is 0 Å². The van der Waals surface area contributed by atoms with Crippen molar-refractivity contribution in [1.82, 2.24) is 0 Å². The second-order valence-corrected chi connectivity index (χ2v) is 3.88. The van der Waals surface area contributed by atoms with Gasteiger partial charge >= 0.3 is 5.97 Å². The third-order valence-electron chi connectivity index (χ3n) is 2.44. The molecule has 7 heteroatoms. The third-order valence-corrected chi connectivity index (χ3v) is 2.44. The average molecular weight is 276 g/mol. The summed E-state index contributed by atoms with van der Waals surface area (Å²) in [7, 11) is 1.30. The van der Waals surface area contributed by atoms with Gasteiger partial charge in [0.05, 0.1) is 24.4 Å². The van der Waals surface area contributed by atoms with Crippen molar-refractivity contribution in [3.8, 4) is 0 Å². The van der Waals surface area contributed by atoms with E-state index in [0.29, 0.717) is 0 Å². The van der Waals surface area contributed by atoms with Crippen molar-refractivity contribution < 1.29 is 22.7 Å². The number of nitrogen functional groups attached to an aromatic ring is 1. The first-order valence-corrected chi connectivity index (χ1v) is 5.62. The average Bonchev–Trinajstić information content (AvgIpc) is 2.27. The number of halogens is 3. The number of hydrogen-bond acceptors (Lipinski definition) is 4. The Bertz CT molecular complexity index is 467. The Morgan fingerprint density at radius 2 is 2.11 bits per heavy atom. The molecule has 0 fully saturated rings. The van der Waals surface area contributed by atoms with Crippen LogP contribution in [0.25, 0.3) is 0 Å². The van der Waals surface area contributed by atoms with Crippen LogP contribution < -0.4 is 10.6 Å². The van der Waals surface area contributed by atoms with E-state index in [1.807, 2.05) is 0 Å². The molecule has 0 atom stereocenters. The van der Waals surface area contributed by atoms with Crippen LogP contribution >= 0.6 is 0 Å². The van der Waals surface area contributed by atoms with E-state index in [4.69, 9.17) is 10.5 Å². The van der Waals surface area contributed by atoms with Gasteiger partial charge in [0.1, 0.15) is 5.82 Å². The standard InChI is InChI=1S/C12H15F3N2O2/c1-3-19-12(18)7-4-10(8(13)5-9(7)16)17(2)6-11(14)15/h4-5,11H,3,6,16H2,1-2H3. The predicted octanol–water partition coefficient (Wildman–Crippen LogP) is 2.29. The van der Waals surface area contributed by atoms with Crippen LogP contribution in [0.3, 0.4) is 0 Å². The molecular formula is C12H15F3N2O2. The number of nitrogens with zero attached hydrogens (tertiary/aromatic N) is 1. The maximum Gasteiger partial charge on any atom is 0.340 e. The highest BCUT2D eigenvalue weighted by Crippen LogP contribution is 2.25. The first-order valence-electron chi connectivity index (χ1n) is 5.62.